The van der Waals surface area contributed by atoms with E-state index in [0.717, 1.165) is 30.0 Å². The average molecular weight is 289 g/mol. The maximum absolute atomic E-state index is 6.24. The van der Waals surface area contributed by atoms with Crippen LogP contribution in [-0.2, 0) is 12.8 Å². The van der Waals surface area contributed by atoms with Crippen molar-refractivity contribution in [2.24, 2.45) is 0 Å². The van der Waals surface area contributed by atoms with Crippen LogP contribution < -0.4 is 5.32 Å². The first-order valence-corrected chi connectivity index (χ1v) is 7.53. The molecular weight excluding hydrogens is 268 g/mol. The van der Waals surface area contributed by atoms with Crippen LogP contribution in [0.25, 0.3) is 0 Å². The van der Waals surface area contributed by atoms with Crippen LogP contribution in [0.2, 0.25) is 5.02 Å². The van der Waals surface area contributed by atoms with Gasteiger partial charge in [0.05, 0.1) is 5.02 Å². The fourth-order valence-electron chi connectivity index (χ4n) is 2.52. The summed E-state index contributed by atoms with van der Waals surface area (Å²) in [6.45, 7) is 5.27. The van der Waals surface area contributed by atoms with Crippen molar-refractivity contribution in [3.05, 3.63) is 64.4 Å². The fourth-order valence-corrected chi connectivity index (χ4v) is 2.72. The van der Waals surface area contributed by atoms with Gasteiger partial charge in [-0.15, -0.1) is 0 Å². The SMILES string of the molecule is CCNC(Cc1ccncc1Cl)c1ccccc1CC. The van der Waals surface area contributed by atoms with Crippen LogP contribution in [0, 0.1) is 0 Å². The van der Waals surface area contributed by atoms with Crippen molar-refractivity contribution >= 4 is 11.6 Å². The normalized spacial score (nSPS) is 12.3. The minimum Gasteiger partial charge on any atom is -0.310 e. The number of hydrogen-bond donors (Lipinski definition) is 1. The average Bonchev–Trinajstić information content (AvgIpc) is 2.49. The molecule has 106 valence electrons. The summed E-state index contributed by atoms with van der Waals surface area (Å²) in [6, 6.07) is 10.9. The van der Waals surface area contributed by atoms with E-state index in [9.17, 15) is 0 Å². The predicted octanol–water partition coefficient (Wildman–Crippen LogP) is 4.19. The molecule has 0 aliphatic rings. The third kappa shape index (κ3) is 3.59. The first-order chi connectivity index (χ1) is 9.76. The van der Waals surface area contributed by atoms with Gasteiger partial charge in [-0.3, -0.25) is 4.98 Å². The van der Waals surface area contributed by atoms with Gasteiger partial charge in [-0.05, 0) is 42.1 Å². The quantitative estimate of drug-likeness (QED) is 0.862. The van der Waals surface area contributed by atoms with Gasteiger partial charge in [0.1, 0.15) is 0 Å². The molecule has 0 spiro atoms. The van der Waals surface area contributed by atoms with E-state index < -0.39 is 0 Å². The maximum Gasteiger partial charge on any atom is 0.0622 e. The Morgan fingerprint density at radius 3 is 2.65 bits per heavy atom. The van der Waals surface area contributed by atoms with E-state index in [1.54, 1.807) is 12.4 Å². The van der Waals surface area contributed by atoms with Crippen molar-refractivity contribution in [3.63, 3.8) is 0 Å². The van der Waals surface area contributed by atoms with Gasteiger partial charge in [-0.2, -0.15) is 0 Å². The molecule has 20 heavy (non-hydrogen) atoms. The summed E-state index contributed by atoms with van der Waals surface area (Å²) in [7, 11) is 0. The minimum absolute atomic E-state index is 0.288. The molecule has 1 heterocycles. The summed E-state index contributed by atoms with van der Waals surface area (Å²) in [4.78, 5) is 4.05. The highest BCUT2D eigenvalue weighted by molar-refractivity contribution is 6.31. The van der Waals surface area contributed by atoms with E-state index in [1.807, 2.05) is 6.07 Å². The van der Waals surface area contributed by atoms with Gasteiger partial charge in [0, 0.05) is 18.4 Å². The number of hydrogen-bond acceptors (Lipinski definition) is 2. The standard InChI is InChI=1S/C17H21ClN2/c1-3-13-7-5-6-8-15(13)17(20-4-2)11-14-9-10-19-12-16(14)18/h5-10,12,17,20H,3-4,11H2,1-2H3. The molecule has 1 aromatic heterocycles. The molecule has 1 atom stereocenters. The molecule has 0 saturated heterocycles. The van der Waals surface area contributed by atoms with Crippen LogP contribution in [0.5, 0.6) is 0 Å². The van der Waals surface area contributed by atoms with Crippen LogP contribution in [-0.4, -0.2) is 11.5 Å². The Morgan fingerprint density at radius 2 is 1.95 bits per heavy atom. The van der Waals surface area contributed by atoms with Crippen LogP contribution in [0.3, 0.4) is 0 Å². The number of nitrogens with one attached hydrogen (secondary N) is 1. The van der Waals surface area contributed by atoms with Gasteiger partial charge >= 0.3 is 0 Å². The third-order valence-electron chi connectivity index (χ3n) is 3.54. The first kappa shape index (κ1) is 15.0. The van der Waals surface area contributed by atoms with Gasteiger partial charge < -0.3 is 5.32 Å². The van der Waals surface area contributed by atoms with E-state index >= 15 is 0 Å². The Labute approximate surface area is 126 Å². The zero-order valence-electron chi connectivity index (χ0n) is 12.1. The van der Waals surface area contributed by atoms with Crippen molar-refractivity contribution in [1.82, 2.24) is 10.3 Å². The monoisotopic (exact) mass is 288 g/mol. The number of aryl methyl sites for hydroxylation is 1. The Bertz CT molecular complexity index is 554. The van der Waals surface area contributed by atoms with Crippen molar-refractivity contribution in [2.45, 2.75) is 32.7 Å². The lowest BCUT2D eigenvalue weighted by Gasteiger charge is -2.21. The summed E-state index contributed by atoms with van der Waals surface area (Å²) < 4.78 is 0. The van der Waals surface area contributed by atoms with Crippen LogP contribution in [0.4, 0.5) is 0 Å². The Morgan fingerprint density at radius 1 is 1.15 bits per heavy atom. The molecule has 0 aliphatic carbocycles. The number of aromatic nitrogens is 1. The number of likely N-dealkylation sites (N-methyl/N-ethyl adjacent to an activating group) is 1. The fraction of sp³-hybridized carbons (Fsp3) is 0.353. The number of rotatable bonds is 6. The molecular formula is C17H21ClN2. The number of nitrogens with zero attached hydrogens (tertiary/aromatic N) is 1. The lowest BCUT2D eigenvalue weighted by Crippen LogP contribution is -2.24. The second-order valence-electron chi connectivity index (χ2n) is 4.83. The molecule has 1 N–H and O–H groups in total. The van der Waals surface area contributed by atoms with Crippen LogP contribution in [0.15, 0.2) is 42.7 Å². The second-order valence-corrected chi connectivity index (χ2v) is 5.24. The highest BCUT2D eigenvalue weighted by atomic mass is 35.5. The lowest BCUT2D eigenvalue weighted by atomic mass is 9.94. The van der Waals surface area contributed by atoms with Gasteiger partial charge in [-0.1, -0.05) is 49.7 Å². The minimum atomic E-state index is 0.288. The van der Waals surface area contributed by atoms with Gasteiger partial charge in [0.15, 0.2) is 0 Å². The Hall–Kier alpha value is -1.38. The van der Waals surface area contributed by atoms with Crippen molar-refractivity contribution in [1.29, 1.82) is 0 Å². The third-order valence-corrected chi connectivity index (χ3v) is 3.88. The predicted molar refractivity (Wildman–Crippen MR) is 85.2 cm³/mol. The van der Waals surface area contributed by atoms with Crippen LogP contribution >= 0.6 is 11.6 Å². The summed E-state index contributed by atoms with van der Waals surface area (Å²) in [5, 5.41) is 4.31. The molecule has 2 nitrogen and oxygen atoms in total. The van der Waals surface area contributed by atoms with Crippen LogP contribution in [0.1, 0.15) is 36.6 Å². The smallest absolute Gasteiger partial charge is 0.0622 e. The van der Waals surface area contributed by atoms with E-state index in [0.29, 0.717) is 0 Å². The summed E-state index contributed by atoms with van der Waals surface area (Å²) in [5.41, 5.74) is 3.90. The molecule has 2 aromatic rings. The maximum atomic E-state index is 6.24. The van der Waals surface area contributed by atoms with E-state index in [-0.39, 0.29) is 6.04 Å². The van der Waals surface area contributed by atoms with E-state index in [4.69, 9.17) is 11.6 Å². The molecule has 0 saturated carbocycles. The van der Waals surface area contributed by atoms with Crippen molar-refractivity contribution < 1.29 is 0 Å². The highest BCUT2D eigenvalue weighted by Crippen LogP contribution is 2.25. The molecule has 0 radical (unpaired) electrons. The molecule has 1 aromatic carbocycles. The zero-order chi connectivity index (χ0) is 14.4. The lowest BCUT2D eigenvalue weighted by molar-refractivity contribution is 0.545. The number of pyridine rings is 1. The molecule has 2 rings (SSSR count). The molecule has 3 heteroatoms. The summed E-state index contributed by atoms with van der Waals surface area (Å²) in [6.07, 6.45) is 5.44. The Balaban J connectivity index is 2.29. The highest BCUT2D eigenvalue weighted by Gasteiger charge is 2.15. The number of benzene rings is 1. The topological polar surface area (TPSA) is 24.9 Å². The van der Waals surface area contributed by atoms with Gasteiger partial charge in [0.25, 0.3) is 0 Å². The van der Waals surface area contributed by atoms with Gasteiger partial charge in [0.2, 0.25) is 0 Å². The molecule has 0 aliphatic heterocycles. The molecule has 1 unspecified atom stereocenters. The number of halogens is 1. The zero-order valence-corrected chi connectivity index (χ0v) is 12.8. The summed E-state index contributed by atoms with van der Waals surface area (Å²) in [5.74, 6) is 0. The molecule has 0 fully saturated rings. The molecule has 0 bridgehead atoms. The van der Waals surface area contributed by atoms with Crippen molar-refractivity contribution in [2.75, 3.05) is 6.54 Å². The van der Waals surface area contributed by atoms with Gasteiger partial charge in [-0.25, -0.2) is 0 Å². The summed E-state index contributed by atoms with van der Waals surface area (Å²) >= 11 is 6.24. The Kier molecular flexibility index (Phi) is 5.57. The van der Waals surface area contributed by atoms with E-state index in [1.165, 1.54) is 11.1 Å². The largest absolute Gasteiger partial charge is 0.310 e. The van der Waals surface area contributed by atoms with E-state index in [2.05, 4.69) is 48.4 Å². The molecule has 0 amide bonds. The first-order valence-electron chi connectivity index (χ1n) is 7.15. The second kappa shape index (κ2) is 7.41. The van der Waals surface area contributed by atoms with Crippen molar-refractivity contribution in [3.8, 4) is 0 Å².